The first-order valence-electron chi connectivity index (χ1n) is 9.16. The lowest BCUT2D eigenvalue weighted by Gasteiger charge is -2.12. The molecule has 3 rings (SSSR count). The average Bonchev–Trinajstić information content (AvgIpc) is 3.02. The topological polar surface area (TPSA) is 82.9 Å². The Kier molecular flexibility index (Phi) is 6.61. The summed E-state index contributed by atoms with van der Waals surface area (Å²) in [6.45, 7) is 5.32. The second kappa shape index (κ2) is 9.17. The smallest absolute Gasteiger partial charge is 0.240 e. The van der Waals surface area contributed by atoms with Crippen LogP contribution in [-0.2, 0) is 9.59 Å². The summed E-state index contributed by atoms with van der Waals surface area (Å²) in [5, 5.41) is 12.8. The van der Waals surface area contributed by atoms with Crippen molar-refractivity contribution in [3.63, 3.8) is 0 Å². The molecule has 0 aliphatic carbocycles. The first-order chi connectivity index (χ1) is 14.2. The highest BCUT2D eigenvalue weighted by Crippen LogP contribution is 2.25. The van der Waals surface area contributed by atoms with E-state index in [1.165, 1.54) is 13.0 Å². The monoisotopic (exact) mass is 430 g/mol. The van der Waals surface area contributed by atoms with E-state index in [4.69, 9.17) is 0 Å². The highest BCUT2D eigenvalue weighted by atomic mass is 32.2. The molecule has 0 radical (unpaired) electrons. The van der Waals surface area contributed by atoms with Gasteiger partial charge in [-0.1, -0.05) is 30.0 Å². The normalized spacial score (nSPS) is 17.9. The summed E-state index contributed by atoms with van der Waals surface area (Å²) in [5.41, 5.74) is 2.95. The fourth-order valence-corrected chi connectivity index (χ4v) is 3.83. The number of hydrogen-bond donors (Lipinski definition) is 2. The van der Waals surface area contributed by atoms with Crippen molar-refractivity contribution in [2.45, 2.75) is 32.4 Å². The minimum atomic E-state index is -0.749. The molecule has 1 aliphatic heterocycles. The van der Waals surface area contributed by atoms with Crippen LogP contribution in [0.1, 0.15) is 30.0 Å². The van der Waals surface area contributed by atoms with E-state index < -0.39 is 16.9 Å². The zero-order valence-corrected chi connectivity index (χ0v) is 17.4. The van der Waals surface area contributed by atoms with Gasteiger partial charge in [0, 0.05) is 23.7 Å². The van der Waals surface area contributed by atoms with E-state index in [1.54, 1.807) is 0 Å². The van der Waals surface area contributed by atoms with Crippen molar-refractivity contribution in [1.29, 1.82) is 0 Å². The molecule has 1 saturated heterocycles. The summed E-state index contributed by atoms with van der Waals surface area (Å²) in [4.78, 5) is 24.6. The van der Waals surface area contributed by atoms with Crippen LogP contribution in [0.15, 0.2) is 46.6 Å². The van der Waals surface area contributed by atoms with Crippen LogP contribution in [0, 0.1) is 25.5 Å². The van der Waals surface area contributed by atoms with Gasteiger partial charge in [-0.3, -0.25) is 9.59 Å². The molecule has 30 heavy (non-hydrogen) atoms. The van der Waals surface area contributed by atoms with Crippen LogP contribution in [0.2, 0.25) is 0 Å². The summed E-state index contributed by atoms with van der Waals surface area (Å²) < 4.78 is 26.8. The zero-order chi connectivity index (χ0) is 21.8. The number of nitrogens with zero attached hydrogens (tertiary/aromatic N) is 2. The van der Waals surface area contributed by atoms with Crippen LogP contribution in [0.3, 0.4) is 0 Å². The molecule has 2 N–H and O–H groups in total. The van der Waals surface area contributed by atoms with Gasteiger partial charge in [-0.15, -0.1) is 5.10 Å². The maximum atomic E-state index is 13.8. The van der Waals surface area contributed by atoms with Crippen LogP contribution >= 0.6 is 11.8 Å². The minimum absolute atomic E-state index is 0.0292. The number of anilines is 1. The third-order valence-electron chi connectivity index (χ3n) is 4.50. The van der Waals surface area contributed by atoms with Crippen LogP contribution in [0.4, 0.5) is 14.5 Å². The van der Waals surface area contributed by atoms with Gasteiger partial charge in [-0.2, -0.15) is 5.10 Å². The SMILES string of the molecule is C/C(=N/N=C1/NC(=O)[C@H](CC(=O)Nc2c(C)cccc2C)S1)c1ccc(F)cc1F. The molecule has 2 amide bonds. The van der Waals surface area contributed by atoms with Crippen molar-refractivity contribution >= 4 is 40.1 Å². The predicted molar refractivity (Wildman–Crippen MR) is 115 cm³/mol. The number of nitrogens with one attached hydrogen (secondary N) is 2. The van der Waals surface area contributed by atoms with E-state index in [9.17, 15) is 18.4 Å². The Balaban J connectivity index is 1.65. The van der Waals surface area contributed by atoms with Crippen molar-refractivity contribution in [3.8, 4) is 0 Å². The number of aryl methyl sites for hydroxylation is 2. The van der Waals surface area contributed by atoms with E-state index >= 15 is 0 Å². The molecule has 156 valence electrons. The number of para-hydroxylation sites is 1. The van der Waals surface area contributed by atoms with Gasteiger partial charge < -0.3 is 10.6 Å². The quantitative estimate of drug-likeness (QED) is 0.557. The summed E-state index contributed by atoms with van der Waals surface area (Å²) in [6, 6.07) is 8.86. The molecule has 0 saturated carbocycles. The van der Waals surface area contributed by atoms with Crippen LogP contribution in [0.5, 0.6) is 0 Å². The molecule has 0 unspecified atom stereocenters. The largest absolute Gasteiger partial charge is 0.326 e. The number of carbonyl (C=O) groups excluding carboxylic acids is 2. The second-order valence-electron chi connectivity index (χ2n) is 6.83. The standard InChI is InChI=1S/C21H20F2N4O2S/c1-11-5-4-6-12(2)19(11)24-18(28)10-17-20(29)25-21(30-17)27-26-13(3)15-8-7-14(22)9-16(15)23/h4-9,17H,10H2,1-3H3,(H,24,28)(H,25,27,29)/b26-13-/t17-/m0/s1. The average molecular weight is 430 g/mol. The molecule has 1 aliphatic rings. The van der Waals surface area contributed by atoms with Crippen molar-refractivity contribution in [2.75, 3.05) is 5.32 Å². The van der Waals surface area contributed by atoms with Crippen molar-refractivity contribution < 1.29 is 18.4 Å². The number of carbonyl (C=O) groups is 2. The Morgan fingerprint density at radius 2 is 1.90 bits per heavy atom. The Morgan fingerprint density at radius 3 is 2.57 bits per heavy atom. The fraction of sp³-hybridized carbons (Fsp3) is 0.238. The zero-order valence-electron chi connectivity index (χ0n) is 16.6. The van der Waals surface area contributed by atoms with Gasteiger partial charge in [0.2, 0.25) is 11.8 Å². The summed E-state index contributed by atoms with van der Waals surface area (Å²) >= 11 is 1.08. The molecule has 1 atom stereocenters. The van der Waals surface area contributed by atoms with Crippen molar-refractivity contribution in [1.82, 2.24) is 5.32 Å². The van der Waals surface area contributed by atoms with Crippen LogP contribution in [-0.4, -0.2) is 27.9 Å². The molecule has 1 fully saturated rings. The minimum Gasteiger partial charge on any atom is -0.326 e. The Labute approximate surface area is 176 Å². The van der Waals surface area contributed by atoms with Gasteiger partial charge in [-0.25, -0.2) is 8.78 Å². The maximum Gasteiger partial charge on any atom is 0.240 e. The number of thioether (sulfide) groups is 1. The molecule has 1 heterocycles. The summed E-state index contributed by atoms with van der Waals surface area (Å²) in [6.07, 6.45) is -0.0292. The molecular formula is C21H20F2N4O2S. The molecule has 0 spiro atoms. The number of benzene rings is 2. The first-order valence-corrected chi connectivity index (χ1v) is 10.0. The van der Waals surface area contributed by atoms with Gasteiger partial charge in [0.05, 0.1) is 5.71 Å². The van der Waals surface area contributed by atoms with Crippen LogP contribution in [0.25, 0.3) is 0 Å². The molecular weight excluding hydrogens is 410 g/mol. The van der Waals surface area contributed by atoms with Crippen molar-refractivity contribution in [2.24, 2.45) is 10.2 Å². The number of amidine groups is 1. The van der Waals surface area contributed by atoms with E-state index in [0.717, 1.165) is 40.7 Å². The number of halogens is 2. The number of rotatable bonds is 5. The summed E-state index contributed by atoms with van der Waals surface area (Å²) in [7, 11) is 0. The first kappa shape index (κ1) is 21.6. The lowest BCUT2D eigenvalue weighted by Crippen LogP contribution is -2.28. The van der Waals surface area contributed by atoms with Crippen molar-refractivity contribution in [3.05, 3.63) is 64.7 Å². The molecule has 2 aromatic carbocycles. The van der Waals surface area contributed by atoms with E-state index in [2.05, 4.69) is 20.8 Å². The van der Waals surface area contributed by atoms with E-state index in [0.29, 0.717) is 0 Å². The van der Waals surface area contributed by atoms with Gasteiger partial charge in [0.1, 0.15) is 16.9 Å². The Hall–Kier alpha value is -3.07. The fourth-order valence-electron chi connectivity index (χ4n) is 2.91. The van der Waals surface area contributed by atoms with Gasteiger partial charge in [-0.05, 0) is 44.0 Å². The predicted octanol–water partition coefficient (Wildman–Crippen LogP) is 3.92. The molecule has 2 aromatic rings. The second-order valence-corrected chi connectivity index (χ2v) is 8.02. The lowest BCUT2D eigenvalue weighted by molar-refractivity contribution is -0.122. The third-order valence-corrected chi connectivity index (χ3v) is 5.58. The highest BCUT2D eigenvalue weighted by Gasteiger charge is 2.32. The Bertz CT molecular complexity index is 1050. The van der Waals surface area contributed by atoms with Gasteiger partial charge in [0.15, 0.2) is 5.17 Å². The number of amides is 2. The summed E-state index contributed by atoms with van der Waals surface area (Å²) in [5.74, 6) is -2.07. The third kappa shape index (κ3) is 5.10. The van der Waals surface area contributed by atoms with E-state index in [1.807, 2.05) is 32.0 Å². The van der Waals surface area contributed by atoms with E-state index in [-0.39, 0.29) is 34.7 Å². The molecule has 9 heteroatoms. The molecule has 6 nitrogen and oxygen atoms in total. The van der Waals surface area contributed by atoms with Gasteiger partial charge >= 0.3 is 0 Å². The Morgan fingerprint density at radius 1 is 1.20 bits per heavy atom. The number of hydrogen-bond acceptors (Lipinski definition) is 5. The highest BCUT2D eigenvalue weighted by molar-refractivity contribution is 8.15. The molecule has 0 aromatic heterocycles. The lowest BCUT2D eigenvalue weighted by atomic mass is 10.1. The molecule has 0 bridgehead atoms. The maximum absolute atomic E-state index is 13.8. The van der Waals surface area contributed by atoms with Crippen LogP contribution < -0.4 is 10.6 Å². The van der Waals surface area contributed by atoms with Gasteiger partial charge in [0.25, 0.3) is 0 Å².